The monoisotopic (exact) mass is 346 g/mol. The van der Waals surface area contributed by atoms with E-state index in [0.29, 0.717) is 5.76 Å². The van der Waals surface area contributed by atoms with Gasteiger partial charge in [0, 0.05) is 19.1 Å². The van der Waals surface area contributed by atoms with E-state index in [4.69, 9.17) is 14.2 Å². The molecule has 0 aromatic carbocycles. The lowest BCUT2D eigenvalue weighted by molar-refractivity contribution is -0.0240. The molecule has 4 nitrogen and oxygen atoms in total. The van der Waals surface area contributed by atoms with Gasteiger partial charge in [-0.05, 0) is 60.8 Å². The molecule has 138 valence electrons. The summed E-state index contributed by atoms with van der Waals surface area (Å²) in [6.45, 7) is 12.4. The summed E-state index contributed by atoms with van der Waals surface area (Å²) in [6, 6.07) is 0. The third-order valence-corrected chi connectivity index (χ3v) is 5.92. The zero-order valence-corrected chi connectivity index (χ0v) is 16.0. The van der Waals surface area contributed by atoms with Crippen molar-refractivity contribution in [1.82, 2.24) is 0 Å². The number of rotatable bonds is 4. The molecular formula is C21H30O4. The van der Waals surface area contributed by atoms with Crippen LogP contribution < -0.4 is 0 Å². The van der Waals surface area contributed by atoms with Crippen molar-refractivity contribution >= 4 is 0 Å². The maximum atomic E-state index is 10.5. The molecule has 1 heterocycles. The van der Waals surface area contributed by atoms with Gasteiger partial charge in [-0.1, -0.05) is 20.4 Å². The molecule has 0 fully saturated rings. The Balaban J connectivity index is 1.77. The average Bonchev–Trinajstić information content (AvgIpc) is 3.11. The van der Waals surface area contributed by atoms with Crippen LogP contribution in [0, 0.1) is 11.3 Å². The van der Waals surface area contributed by atoms with Crippen molar-refractivity contribution in [3.8, 4) is 0 Å². The maximum absolute atomic E-state index is 10.5. The lowest BCUT2D eigenvalue weighted by Crippen LogP contribution is -2.33. The number of aliphatic hydroxyl groups is 1. The van der Waals surface area contributed by atoms with Crippen molar-refractivity contribution in [1.29, 1.82) is 0 Å². The summed E-state index contributed by atoms with van der Waals surface area (Å²) in [4.78, 5) is 0. The van der Waals surface area contributed by atoms with Crippen LogP contribution in [0.5, 0.6) is 0 Å². The van der Waals surface area contributed by atoms with Gasteiger partial charge >= 0.3 is 0 Å². The molecule has 0 aromatic rings. The average molecular weight is 346 g/mol. The smallest absolute Gasteiger partial charge is 0.260 e. The van der Waals surface area contributed by atoms with Gasteiger partial charge in [-0.15, -0.1) is 0 Å². The van der Waals surface area contributed by atoms with E-state index in [1.54, 1.807) is 13.4 Å². The maximum Gasteiger partial charge on any atom is 0.260 e. The Morgan fingerprint density at radius 1 is 1.44 bits per heavy atom. The molecule has 0 amide bonds. The van der Waals surface area contributed by atoms with Crippen molar-refractivity contribution < 1.29 is 19.3 Å². The van der Waals surface area contributed by atoms with E-state index in [1.807, 2.05) is 13.0 Å². The molecule has 2 aliphatic carbocycles. The fourth-order valence-corrected chi connectivity index (χ4v) is 4.35. The highest BCUT2D eigenvalue weighted by molar-refractivity contribution is 5.39. The lowest BCUT2D eigenvalue weighted by Gasteiger charge is -2.37. The number of ether oxygens (including phenoxy) is 3. The van der Waals surface area contributed by atoms with Crippen LogP contribution >= 0.6 is 0 Å². The van der Waals surface area contributed by atoms with E-state index in [9.17, 15) is 5.11 Å². The minimum absolute atomic E-state index is 0.00320. The van der Waals surface area contributed by atoms with Gasteiger partial charge in [0.25, 0.3) is 6.29 Å². The van der Waals surface area contributed by atoms with Crippen LogP contribution in [0.1, 0.15) is 47.0 Å². The summed E-state index contributed by atoms with van der Waals surface area (Å²) in [5.41, 5.74) is 4.64. The highest BCUT2D eigenvalue weighted by Gasteiger charge is 2.46. The van der Waals surface area contributed by atoms with Crippen molar-refractivity contribution in [3.63, 3.8) is 0 Å². The van der Waals surface area contributed by atoms with E-state index < -0.39 is 6.29 Å². The molecule has 1 aliphatic heterocycles. The Kier molecular flexibility index (Phi) is 4.86. The molecule has 0 spiro atoms. The number of hydrogen-bond donors (Lipinski definition) is 1. The molecule has 3 aliphatic rings. The predicted molar refractivity (Wildman–Crippen MR) is 97.6 cm³/mol. The van der Waals surface area contributed by atoms with Crippen molar-refractivity contribution in [3.05, 3.63) is 47.0 Å². The Hall–Kier alpha value is -1.52. The first-order valence-electron chi connectivity index (χ1n) is 9.05. The Labute approximate surface area is 150 Å². The minimum Gasteiger partial charge on any atom is -0.459 e. The number of aliphatic hydroxyl groups excluding tert-OH is 1. The van der Waals surface area contributed by atoms with Crippen molar-refractivity contribution in [2.45, 2.75) is 65.5 Å². The molecule has 0 bridgehead atoms. The van der Waals surface area contributed by atoms with Gasteiger partial charge in [-0.3, -0.25) is 0 Å². The molecule has 3 rings (SSSR count). The first-order valence-corrected chi connectivity index (χ1v) is 9.05. The van der Waals surface area contributed by atoms with Crippen LogP contribution in [0.3, 0.4) is 0 Å². The first kappa shape index (κ1) is 18.3. The van der Waals surface area contributed by atoms with Gasteiger partial charge in [-0.2, -0.15) is 0 Å². The molecule has 0 aromatic heterocycles. The van der Waals surface area contributed by atoms with Gasteiger partial charge < -0.3 is 19.3 Å². The molecular weight excluding hydrogens is 316 g/mol. The van der Waals surface area contributed by atoms with Crippen LogP contribution in [-0.4, -0.2) is 30.7 Å². The normalized spacial score (nSPS) is 34.7. The van der Waals surface area contributed by atoms with Crippen LogP contribution in [0.2, 0.25) is 0 Å². The fourth-order valence-electron chi connectivity index (χ4n) is 4.35. The summed E-state index contributed by atoms with van der Waals surface area (Å²) in [7, 11) is 1.76. The minimum atomic E-state index is -0.408. The van der Waals surface area contributed by atoms with Gasteiger partial charge in [0.1, 0.15) is 5.76 Å². The molecule has 0 saturated carbocycles. The molecule has 4 atom stereocenters. The van der Waals surface area contributed by atoms with Crippen molar-refractivity contribution in [2.75, 3.05) is 7.11 Å². The second-order valence-electron chi connectivity index (χ2n) is 8.10. The molecule has 4 heteroatoms. The molecule has 0 radical (unpaired) electrons. The quantitative estimate of drug-likeness (QED) is 0.611. The number of hydrogen-bond acceptors (Lipinski definition) is 4. The molecule has 1 N–H and O–H groups in total. The second kappa shape index (κ2) is 6.65. The summed E-state index contributed by atoms with van der Waals surface area (Å²) in [5, 5.41) is 10.5. The van der Waals surface area contributed by atoms with Gasteiger partial charge in [0.15, 0.2) is 0 Å². The third-order valence-electron chi connectivity index (χ3n) is 5.92. The summed E-state index contributed by atoms with van der Waals surface area (Å²) in [5.74, 6) is 0.852. The van der Waals surface area contributed by atoms with Crippen LogP contribution in [-0.2, 0) is 14.2 Å². The van der Waals surface area contributed by atoms with E-state index in [1.165, 1.54) is 11.1 Å². The molecule has 25 heavy (non-hydrogen) atoms. The number of methoxy groups -OCH3 is 1. The zero-order chi connectivity index (χ0) is 18.4. The lowest BCUT2D eigenvalue weighted by atomic mass is 9.71. The van der Waals surface area contributed by atoms with Gasteiger partial charge in [0.2, 0.25) is 0 Å². The number of allylic oxidation sites excluding steroid dienone is 1. The highest BCUT2D eigenvalue weighted by Crippen LogP contribution is 2.52. The van der Waals surface area contributed by atoms with E-state index in [2.05, 4.69) is 27.4 Å². The molecule has 4 unspecified atom stereocenters. The largest absolute Gasteiger partial charge is 0.459 e. The van der Waals surface area contributed by atoms with E-state index in [0.717, 1.165) is 30.4 Å². The standard InChI is InChI=1S/C21H30O4/c1-12-9-18(25-14(12)3)24-11-13(2)15-10-16-17(22)7-8-21(4,5)19(16)20(15)23-6/h9,11,15,17-18,20,22H,3,7-8,10H2,1-2,4-6H3/b13-11-. The Morgan fingerprint density at radius 3 is 2.76 bits per heavy atom. The topological polar surface area (TPSA) is 47.9 Å². The van der Waals surface area contributed by atoms with Gasteiger partial charge in [-0.25, -0.2) is 0 Å². The SMILES string of the molecule is C=C1OC(O/C=C(/C)C2CC3=C(C2OC)C(C)(C)CCC3O)C=C1C. The Bertz CT molecular complexity index is 653. The molecule has 0 saturated heterocycles. The van der Waals surface area contributed by atoms with Gasteiger partial charge in [0.05, 0.1) is 18.5 Å². The second-order valence-corrected chi connectivity index (χ2v) is 8.10. The third kappa shape index (κ3) is 3.30. The Morgan fingerprint density at radius 2 is 2.16 bits per heavy atom. The summed E-state index contributed by atoms with van der Waals surface area (Å²) in [6.07, 6.45) is 5.60. The summed E-state index contributed by atoms with van der Waals surface area (Å²) < 4.78 is 17.2. The van der Waals surface area contributed by atoms with E-state index in [-0.39, 0.29) is 23.5 Å². The summed E-state index contributed by atoms with van der Waals surface area (Å²) >= 11 is 0. The predicted octanol–water partition coefficient (Wildman–Crippen LogP) is 4.24. The first-order chi connectivity index (χ1) is 11.7. The van der Waals surface area contributed by atoms with Crippen LogP contribution in [0.15, 0.2) is 47.0 Å². The zero-order valence-electron chi connectivity index (χ0n) is 16.0. The fraction of sp³-hybridized carbons (Fsp3) is 0.619. The van der Waals surface area contributed by atoms with Crippen LogP contribution in [0.4, 0.5) is 0 Å². The van der Waals surface area contributed by atoms with Crippen molar-refractivity contribution in [2.24, 2.45) is 11.3 Å². The van der Waals surface area contributed by atoms with Crippen LogP contribution in [0.25, 0.3) is 0 Å². The highest BCUT2D eigenvalue weighted by atomic mass is 16.7. The van der Waals surface area contributed by atoms with E-state index >= 15 is 0 Å².